The van der Waals surface area contributed by atoms with Crippen molar-refractivity contribution in [2.75, 3.05) is 10.2 Å². The average molecular weight is 679 g/mol. The molecule has 4 aromatic rings. The zero-order chi connectivity index (χ0) is 31.5. The average Bonchev–Trinajstić information content (AvgIpc) is 3.40. The molecular formula is C30H20Cl2F3N3O4S2. The summed E-state index contributed by atoms with van der Waals surface area (Å²) >= 11 is 14.6. The van der Waals surface area contributed by atoms with Crippen LogP contribution in [0.25, 0.3) is 0 Å². The Morgan fingerprint density at radius 1 is 0.977 bits per heavy atom. The fourth-order valence-electron chi connectivity index (χ4n) is 5.56. The van der Waals surface area contributed by atoms with Gasteiger partial charge in [0.25, 0.3) is 0 Å². The molecule has 2 aliphatic heterocycles. The summed E-state index contributed by atoms with van der Waals surface area (Å²) < 4.78 is 43.1. The number of benzene rings is 3. The molecule has 3 atom stereocenters. The molecule has 0 saturated carbocycles. The maximum absolute atomic E-state index is 14.0. The molecule has 3 unspecified atom stereocenters. The number of alkyl halides is 3. The highest BCUT2D eigenvalue weighted by Gasteiger charge is 2.58. The number of aromatic nitrogens is 1. The van der Waals surface area contributed by atoms with E-state index in [9.17, 15) is 32.3 Å². The van der Waals surface area contributed by atoms with Gasteiger partial charge in [0.2, 0.25) is 17.7 Å². The zero-order valence-corrected chi connectivity index (χ0v) is 25.7. The number of para-hydroxylation sites is 1. The highest BCUT2D eigenvalue weighted by Crippen LogP contribution is 2.55. The minimum Gasteiger partial charge on any atom is -0.325 e. The molecule has 0 radical (unpaired) electrons. The Labute approximate surface area is 266 Å². The smallest absolute Gasteiger partial charge is 0.325 e. The summed E-state index contributed by atoms with van der Waals surface area (Å²) in [5, 5.41) is 2.03. The maximum atomic E-state index is 14.0. The Balaban J connectivity index is 1.46. The molecule has 7 nitrogen and oxygen atoms in total. The standard InChI is InChI=1S/C30H20Cl2F3N3O4S2/c1-14-6-4-7-15(12-14)36-20(39)13-37-28-25(44-29(37)42)21(16-8-5-10-18(31)23(16)32)22-24(43-28)27(41)38(26(22)40)19-11-3-2-9-17(19)30(33,34)35/h2-12,21-22,24H,13H2,1H3,(H,36,39). The van der Waals surface area contributed by atoms with Crippen LogP contribution in [0.15, 0.2) is 76.6 Å². The lowest BCUT2D eigenvalue weighted by atomic mass is 9.83. The number of amides is 3. The summed E-state index contributed by atoms with van der Waals surface area (Å²) in [6.07, 6.45) is -4.84. The van der Waals surface area contributed by atoms with Gasteiger partial charge in [-0.3, -0.25) is 23.7 Å². The minimum atomic E-state index is -4.84. The third kappa shape index (κ3) is 5.23. The zero-order valence-electron chi connectivity index (χ0n) is 22.5. The molecule has 1 aromatic heterocycles. The molecule has 2 aliphatic rings. The van der Waals surface area contributed by atoms with Gasteiger partial charge < -0.3 is 5.32 Å². The number of aryl methyl sites for hydroxylation is 1. The highest BCUT2D eigenvalue weighted by atomic mass is 35.5. The maximum Gasteiger partial charge on any atom is 0.418 e. The van der Waals surface area contributed by atoms with E-state index in [1.165, 1.54) is 22.8 Å². The number of hydrogen-bond donors (Lipinski definition) is 1. The summed E-state index contributed by atoms with van der Waals surface area (Å²) in [4.78, 5) is 54.7. The number of anilines is 2. The molecule has 226 valence electrons. The lowest BCUT2D eigenvalue weighted by Gasteiger charge is -2.31. The van der Waals surface area contributed by atoms with Crippen LogP contribution in [-0.4, -0.2) is 27.5 Å². The summed E-state index contributed by atoms with van der Waals surface area (Å²) in [6, 6.07) is 16.2. The van der Waals surface area contributed by atoms with Crippen molar-refractivity contribution in [2.24, 2.45) is 5.92 Å². The van der Waals surface area contributed by atoms with Crippen molar-refractivity contribution >= 4 is 75.4 Å². The van der Waals surface area contributed by atoms with E-state index in [4.69, 9.17) is 23.2 Å². The lowest BCUT2D eigenvalue weighted by molar-refractivity contribution is -0.137. The molecule has 1 saturated heterocycles. The van der Waals surface area contributed by atoms with Crippen LogP contribution in [0.3, 0.4) is 0 Å². The van der Waals surface area contributed by atoms with Gasteiger partial charge in [0.05, 0.1) is 32.2 Å². The fraction of sp³-hybridized carbons (Fsp3) is 0.200. The predicted molar refractivity (Wildman–Crippen MR) is 164 cm³/mol. The van der Waals surface area contributed by atoms with Crippen LogP contribution >= 0.6 is 46.3 Å². The van der Waals surface area contributed by atoms with Crippen LogP contribution in [0.4, 0.5) is 24.5 Å². The van der Waals surface area contributed by atoms with Gasteiger partial charge in [-0.2, -0.15) is 13.2 Å². The number of halogens is 5. The number of fused-ring (bicyclic) bond motifs is 2. The second kappa shape index (κ2) is 11.4. The first-order valence-corrected chi connectivity index (χ1v) is 15.6. The highest BCUT2D eigenvalue weighted by molar-refractivity contribution is 8.00. The third-order valence-corrected chi connectivity index (χ3v) is 10.9. The first kappa shape index (κ1) is 30.4. The van der Waals surface area contributed by atoms with Crippen molar-refractivity contribution in [2.45, 2.75) is 35.8 Å². The monoisotopic (exact) mass is 677 g/mol. The van der Waals surface area contributed by atoms with Crippen molar-refractivity contribution in [3.8, 4) is 0 Å². The van der Waals surface area contributed by atoms with Crippen molar-refractivity contribution in [3.63, 3.8) is 0 Å². The van der Waals surface area contributed by atoms with Crippen molar-refractivity contribution in [1.82, 2.24) is 4.57 Å². The van der Waals surface area contributed by atoms with Gasteiger partial charge in [-0.05, 0) is 48.4 Å². The first-order valence-electron chi connectivity index (χ1n) is 13.1. The van der Waals surface area contributed by atoms with Gasteiger partial charge in [-0.1, -0.05) is 82.7 Å². The van der Waals surface area contributed by atoms with Crippen LogP contribution in [0.1, 0.15) is 27.5 Å². The number of nitrogens with one attached hydrogen (secondary N) is 1. The normalized spacial score (nSPS) is 19.6. The molecule has 3 aromatic carbocycles. The fourth-order valence-corrected chi connectivity index (χ4v) is 8.75. The van der Waals surface area contributed by atoms with Gasteiger partial charge in [-0.15, -0.1) is 0 Å². The van der Waals surface area contributed by atoms with Crippen molar-refractivity contribution < 1.29 is 27.6 Å². The summed E-state index contributed by atoms with van der Waals surface area (Å²) in [6.45, 7) is 1.46. The lowest BCUT2D eigenvalue weighted by Crippen LogP contribution is -2.33. The number of carbonyl (C=O) groups excluding carboxylic acids is 3. The van der Waals surface area contributed by atoms with E-state index in [-0.39, 0.29) is 15.1 Å². The van der Waals surface area contributed by atoms with Crippen LogP contribution < -0.4 is 15.1 Å². The van der Waals surface area contributed by atoms with E-state index in [0.29, 0.717) is 21.0 Å². The molecule has 44 heavy (non-hydrogen) atoms. The molecule has 6 rings (SSSR count). The topological polar surface area (TPSA) is 88.5 Å². The third-order valence-electron chi connectivity index (χ3n) is 7.42. The summed E-state index contributed by atoms with van der Waals surface area (Å²) in [7, 11) is 0. The molecule has 3 heterocycles. The number of rotatable bonds is 5. The predicted octanol–water partition coefficient (Wildman–Crippen LogP) is 6.98. The Bertz CT molecular complexity index is 1910. The van der Waals surface area contributed by atoms with Crippen LogP contribution in [0, 0.1) is 12.8 Å². The largest absolute Gasteiger partial charge is 0.418 e. The number of hydrogen-bond acceptors (Lipinski definition) is 6. The van der Waals surface area contributed by atoms with Gasteiger partial charge in [0.15, 0.2) is 0 Å². The molecule has 3 amide bonds. The van der Waals surface area contributed by atoms with Crippen molar-refractivity contribution in [1.29, 1.82) is 0 Å². The van der Waals surface area contributed by atoms with E-state index in [1.54, 1.807) is 30.3 Å². The molecule has 14 heteroatoms. The van der Waals surface area contributed by atoms with E-state index in [1.807, 2.05) is 13.0 Å². The Hall–Kier alpha value is -3.58. The molecule has 1 N–H and O–H groups in total. The molecular weight excluding hydrogens is 658 g/mol. The molecule has 0 spiro atoms. The Morgan fingerprint density at radius 3 is 2.43 bits per heavy atom. The van der Waals surface area contributed by atoms with Gasteiger partial charge >= 0.3 is 11.0 Å². The van der Waals surface area contributed by atoms with Crippen LogP contribution in [0.2, 0.25) is 10.0 Å². The quantitative estimate of drug-likeness (QED) is 0.230. The van der Waals surface area contributed by atoms with Crippen molar-refractivity contribution in [3.05, 3.63) is 108 Å². The minimum absolute atomic E-state index is 0.0785. The van der Waals surface area contributed by atoms with E-state index in [2.05, 4.69) is 5.32 Å². The second-order valence-corrected chi connectivity index (χ2v) is 13.2. The number of thiazole rings is 1. The van der Waals surface area contributed by atoms with Gasteiger partial charge in [0, 0.05) is 16.5 Å². The van der Waals surface area contributed by atoms with Gasteiger partial charge in [-0.25, -0.2) is 4.90 Å². The first-order chi connectivity index (χ1) is 20.9. The van der Waals surface area contributed by atoms with E-state index in [0.717, 1.165) is 40.8 Å². The number of nitrogens with zero attached hydrogens (tertiary/aromatic N) is 2. The Morgan fingerprint density at radius 2 is 1.70 bits per heavy atom. The van der Waals surface area contributed by atoms with E-state index >= 15 is 0 Å². The second-order valence-electron chi connectivity index (χ2n) is 10.3. The molecule has 0 bridgehead atoms. The van der Waals surface area contributed by atoms with Gasteiger partial charge in [0.1, 0.15) is 11.8 Å². The number of carbonyl (C=O) groups is 3. The summed E-state index contributed by atoms with van der Waals surface area (Å²) in [5.41, 5.74) is 0.0533. The van der Waals surface area contributed by atoms with E-state index < -0.39 is 63.7 Å². The number of thioether (sulfide) groups is 1. The SMILES string of the molecule is Cc1cccc(NC(=O)Cn2c3c(sc2=O)C(c2cccc(Cl)c2Cl)C2C(=O)N(c4ccccc4C(F)(F)F)C(=O)C2S3)c1. The summed E-state index contributed by atoms with van der Waals surface area (Å²) in [5.74, 6) is -4.44. The Kier molecular flexibility index (Phi) is 7.89. The van der Waals surface area contributed by atoms with Crippen LogP contribution in [-0.2, 0) is 27.1 Å². The molecule has 1 fully saturated rings. The van der Waals surface area contributed by atoms with Crippen LogP contribution in [0.5, 0.6) is 0 Å². The molecule has 0 aliphatic carbocycles. The number of imide groups is 1.